The lowest BCUT2D eigenvalue weighted by Crippen LogP contribution is -2.36. The summed E-state index contributed by atoms with van der Waals surface area (Å²) in [4.78, 5) is 10.4. The van der Waals surface area contributed by atoms with Crippen LogP contribution in [0.1, 0.15) is 11.1 Å². The Morgan fingerprint density at radius 3 is 2.50 bits per heavy atom. The number of hydrogen-bond acceptors (Lipinski definition) is 4. The Morgan fingerprint density at radius 2 is 1.89 bits per heavy atom. The number of nitrogens with one attached hydrogen (secondary N) is 2. The van der Waals surface area contributed by atoms with Gasteiger partial charge < -0.3 is 20.3 Å². The molecule has 0 bridgehead atoms. The zero-order valence-electron chi connectivity index (χ0n) is 15.7. The number of hydrogen-bond donors (Lipinski definition) is 2. The van der Waals surface area contributed by atoms with Crippen LogP contribution in [0.5, 0.6) is 5.75 Å². The summed E-state index contributed by atoms with van der Waals surface area (Å²) in [7, 11) is 5.46. The van der Waals surface area contributed by atoms with Crippen LogP contribution in [0.2, 0.25) is 5.02 Å². The minimum absolute atomic E-state index is 0. The van der Waals surface area contributed by atoms with E-state index in [1.165, 1.54) is 12.1 Å². The first-order chi connectivity index (χ1) is 12.9. The predicted molar refractivity (Wildman–Crippen MR) is 119 cm³/mol. The molecule has 0 unspecified atom stereocenters. The Bertz CT molecular complexity index is 792. The first-order valence-corrected chi connectivity index (χ1v) is 8.57. The van der Waals surface area contributed by atoms with Gasteiger partial charge in [0.2, 0.25) is 0 Å². The number of pyridine rings is 1. The van der Waals surface area contributed by atoms with E-state index in [4.69, 9.17) is 11.6 Å². The van der Waals surface area contributed by atoms with Crippen LogP contribution in [-0.2, 0) is 13.1 Å². The highest BCUT2D eigenvalue weighted by Gasteiger charge is 2.11. The molecule has 0 amide bonds. The lowest BCUT2D eigenvalue weighted by molar-refractivity contribution is -0.0504. The minimum atomic E-state index is -2.91. The number of anilines is 1. The summed E-state index contributed by atoms with van der Waals surface area (Å²) in [6, 6.07) is 8.32. The van der Waals surface area contributed by atoms with Crippen LogP contribution in [0.15, 0.2) is 41.5 Å². The number of rotatable bonds is 7. The van der Waals surface area contributed by atoms with Crippen LogP contribution in [0, 0.1) is 0 Å². The van der Waals surface area contributed by atoms with Crippen molar-refractivity contribution in [3.63, 3.8) is 0 Å². The van der Waals surface area contributed by atoms with Crippen molar-refractivity contribution in [3.8, 4) is 5.75 Å². The maximum absolute atomic E-state index is 12.6. The molecule has 1 aromatic carbocycles. The van der Waals surface area contributed by atoms with Gasteiger partial charge in [0, 0.05) is 56.6 Å². The Labute approximate surface area is 185 Å². The Hall–Kier alpha value is -1.88. The molecule has 28 heavy (non-hydrogen) atoms. The van der Waals surface area contributed by atoms with E-state index >= 15 is 0 Å². The van der Waals surface area contributed by atoms with Gasteiger partial charge in [-0.25, -0.2) is 4.98 Å². The molecule has 1 aromatic heterocycles. The summed E-state index contributed by atoms with van der Waals surface area (Å²) < 4.78 is 29.6. The third-order valence-electron chi connectivity index (χ3n) is 3.65. The van der Waals surface area contributed by atoms with E-state index in [1.54, 1.807) is 19.3 Å². The van der Waals surface area contributed by atoms with E-state index in [0.717, 1.165) is 11.4 Å². The summed E-state index contributed by atoms with van der Waals surface area (Å²) >= 11 is 5.96. The molecule has 0 fully saturated rings. The first kappa shape index (κ1) is 24.2. The van der Waals surface area contributed by atoms with Gasteiger partial charge in [0.25, 0.3) is 0 Å². The van der Waals surface area contributed by atoms with Crippen LogP contribution >= 0.6 is 35.6 Å². The highest BCUT2D eigenvalue weighted by molar-refractivity contribution is 14.0. The van der Waals surface area contributed by atoms with Gasteiger partial charge in [0.15, 0.2) is 5.96 Å². The number of benzene rings is 1. The van der Waals surface area contributed by atoms with Crippen LogP contribution in [0.4, 0.5) is 14.6 Å². The zero-order chi connectivity index (χ0) is 19.8. The molecular weight excluding hydrogens is 503 g/mol. The smallest absolute Gasteiger partial charge is 0.387 e. The molecule has 1 heterocycles. The lowest BCUT2D eigenvalue weighted by atomic mass is 10.2. The number of nitrogens with zero attached hydrogens (tertiary/aromatic N) is 3. The molecule has 0 saturated heterocycles. The van der Waals surface area contributed by atoms with Gasteiger partial charge >= 0.3 is 6.61 Å². The average molecular weight is 526 g/mol. The molecule has 2 N–H and O–H groups in total. The number of ether oxygens (including phenoxy) is 1. The molecule has 0 saturated carbocycles. The molecule has 0 aliphatic rings. The number of aliphatic imine (C=N–C) groups is 1. The average Bonchev–Trinajstić information content (AvgIpc) is 2.63. The van der Waals surface area contributed by atoms with Gasteiger partial charge in [0.05, 0.1) is 0 Å². The third kappa shape index (κ3) is 7.27. The second kappa shape index (κ2) is 11.8. The Kier molecular flexibility index (Phi) is 10.2. The van der Waals surface area contributed by atoms with Crippen molar-refractivity contribution in [3.05, 3.63) is 52.7 Å². The fourth-order valence-electron chi connectivity index (χ4n) is 2.45. The second-order valence-corrected chi connectivity index (χ2v) is 6.23. The molecule has 0 aliphatic carbocycles. The second-order valence-electron chi connectivity index (χ2n) is 5.79. The van der Waals surface area contributed by atoms with Gasteiger partial charge in [-0.3, -0.25) is 4.99 Å². The van der Waals surface area contributed by atoms with Crippen molar-refractivity contribution in [2.45, 2.75) is 19.7 Å². The van der Waals surface area contributed by atoms with Gasteiger partial charge in [-0.2, -0.15) is 8.78 Å². The van der Waals surface area contributed by atoms with Gasteiger partial charge in [0.1, 0.15) is 11.6 Å². The summed E-state index contributed by atoms with van der Waals surface area (Å²) in [6.45, 7) is -2.19. The predicted octanol–water partition coefficient (Wildman–Crippen LogP) is 3.89. The van der Waals surface area contributed by atoms with Crippen LogP contribution < -0.4 is 20.3 Å². The van der Waals surface area contributed by atoms with Crippen LogP contribution in [0.3, 0.4) is 0 Å². The summed E-state index contributed by atoms with van der Waals surface area (Å²) in [6.07, 6.45) is 1.73. The maximum atomic E-state index is 12.6. The maximum Gasteiger partial charge on any atom is 0.387 e. The summed E-state index contributed by atoms with van der Waals surface area (Å²) in [5.41, 5.74) is 1.50. The summed E-state index contributed by atoms with van der Waals surface area (Å²) in [5.74, 6) is 1.42. The molecule has 2 aromatic rings. The van der Waals surface area contributed by atoms with E-state index in [-0.39, 0.29) is 36.3 Å². The molecule has 6 nitrogen and oxygen atoms in total. The topological polar surface area (TPSA) is 61.8 Å². The largest absolute Gasteiger partial charge is 0.434 e. The SMILES string of the molecule is CN=C(NCc1cc(Cl)ccc1OC(F)F)NCc1cccnc1N(C)C.I. The number of guanidine groups is 1. The van der Waals surface area contributed by atoms with Crippen molar-refractivity contribution >= 4 is 47.4 Å². The van der Waals surface area contributed by atoms with E-state index in [1.807, 2.05) is 31.1 Å². The number of aromatic nitrogens is 1. The Morgan fingerprint density at radius 1 is 1.21 bits per heavy atom. The normalized spacial score (nSPS) is 11.0. The lowest BCUT2D eigenvalue weighted by Gasteiger charge is -2.18. The standard InChI is InChI=1S/C18H22ClF2N5O.HI/c1-22-18(24-10-12-5-4-8-23-16(12)26(2)3)25-11-13-9-14(19)6-7-15(13)27-17(20)21;/h4-9,17H,10-11H2,1-3H3,(H2,22,24,25);1H. The van der Waals surface area contributed by atoms with Crippen molar-refractivity contribution in [2.75, 3.05) is 26.0 Å². The van der Waals surface area contributed by atoms with E-state index < -0.39 is 6.61 Å². The molecular formula is C18H23ClF2IN5O. The van der Waals surface area contributed by atoms with Gasteiger partial charge in [-0.1, -0.05) is 17.7 Å². The highest BCUT2D eigenvalue weighted by atomic mass is 127. The van der Waals surface area contributed by atoms with Gasteiger partial charge in [-0.05, 0) is 24.3 Å². The number of halogens is 4. The molecule has 0 atom stereocenters. The molecule has 2 rings (SSSR count). The van der Waals surface area contributed by atoms with Crippen molar-refractivity contribution < 1.29 is 13.5 Å². The van der Waals surface area contributed by atoms with Crippen molar-refractivity contribution in [1.29, 1.82) is 0 Å². The molecule has 10 heteroatoms. The zero-order valence-corrected chi connectivity index (χ0v) is 18.8. The van der Waals surface area contributed by atoms with E-state index in [2.05, 4.69) is 25.3 Å². The van der Waals surface area contributed by atoms with Crippen molar-refractivity contribution in [1.82, 2.24) is 15.6 Å². The summed E-state index contributed by atoms with van der Waals surface area (Å²) in [5, 5.41) is 6.68. The highest BCUT2D eigenvalue weighted by Crippen LogP contribution is 2.24. The number of alkyl halides is 2. The van der Waals surface area contributed by atoms with Gasteiger partial charge in [-0.15, -0.1) is 24.0 Å². The Balaban J connectivity index is 0.00000392. The molecule has 154 valence electrons. The van der Waals surface area contributed by atoms with Crippen LogP contribution in [-0.4, -0.2) is 38.7 Å². The van der Waals surface area contributed by atoms with Crippen LogP contribution in [0.25, 0.3) is 0 Å². The van der Waals surface area contributed by atoms with Crippen molar-refractivity contribution in [2.24, 2.45) is 4.99 Å². The quantitative estimate of drug-likeness (QED) is 0.326. The fourth-order valence-corrected chi connectivity index (χ4v) is 2.64. The first-order valence-electron chi connectivity index (χ1n) is 8.19. The molecule has 0 spiro atoms. The molecule has 0 radical (unpaired) electrons. The minimum Gasteiger partial charge on any atom is -0.434 e. The third-order valence-corrected chi connectivity index (χ3v) is 3.88. The molecule has 0 aliphatic heterocycles. The fraction of sp³-hybridized carbons (Fsp3) is 0.333. The van der Waals surface area contributed by atoms with E-state index in [0.29, 0.717) is 23.1 Å². The monoisotopic (exact) mass is 525 g/mol. The van der Waals surface area contributed by atoms with E-state index in [9.17, 15) is 8.78 Å².